The summed E-state index contributed by atoms with van der Waals surface area (Å²) in [6.07, 6.45) is 5.74. The van der Waals surface area contributed by atoms with Crippen LogP contribution in [-0.2, 0) is 12.8 Å². The van der Waals surface area contributed by atoms with Crippen molar-refractivity contribution in [3.63, 3.8) is 0 Å². The highest BCUT2D eigenvalue weighted by atomic mass is 16.5. The Balaban J connectivity index is 1.80. The average molecular weight is 408 g/mol. The van der Waals surface area contributed by atoms with Crippen LogP contribution in [0.15, 0.2) is 48.1 Å². The van der Waals surface area contributed by atoms with Crippen molar-refractivity contribution in [1.82, 2.24) is 0 Å². The van der Waals surface area contributed by atoms with E-state index >= 15 is 0 Å². The Morgan fingerprint density at radius 2 is 1.90 bits per heavy atom. The van der Waals surface area contributed by atoms with Crippen LogP contribution in [0.1, 0.15) is 54.7 Å². The first-order chi connectivity index (χ1) is 14.0. The largest absolute Gasteiger partial charge is 0.508 e. The molecule has 5 heteroatoms. The zero-order valence-corrected chi connectivity index (χ0v) is 17.8. The van der Waals surface area contributed by atoms with Gasteiger partial charge in [-0.15, -0.1) is 0 Å². The van der Waals surface area contributed by atoms with Crippen molar-refractivity contribution in [2.75, 3.05) is 0 Å². The summed E-state index contributed by atoms with van der Waals surface area (Å²) >= 11 is 0. The number of aliphatic hydroxyl groups is 1. The minimum atomic E-state index is -1.03. The molecule has 0 aliphatic carbocycles. The predicted octanol–water partition coefficient (Wildman–Crippen LogP) is 4.58. The number of phenols is 2. The number of hydrogen-bond donors (Lipinski definition) is 3. The van der Waals surface area contributed by atoms with Gasteiger partial charge in [-0.3, -0.25) is 4.79 Å². The number of aromatic hydroxyl groups is 2. The van der Waals surface area contributed by atoms with Crippen molar-refractivity contribution in [1.29, 1.82) is 0 Å². The lowest BCUT2D eigenvalue weighted by molar-refractivity contribution is -0.0230. The highest BCUT2D eigenvalue weighted by Crippen LogP contribution is 2.37. The van der Waals surface area contributed by atoms with Crippen molar-refractivity contribution in [3.05, 3.63) is 70.3 Å². The standard InChI is InChI=1S/C25H28O5/c1-15(2)5-8-17-11-16(6-9-20(17)26)7-10-21(27)19-12-18-13-24(25(3,4)29)30-23(18)14-22(19)28/h5-7,9-12,14,24,26,28-29H,8,13H2,1-4H3. The number of ketones is 1. The highest BCUT2D eigenvalue weighted by molar-refractivity contribution is 6.08. The highest BCUT2D eigenvalue weighted by Gasteiger charge is 2.35. The number of fused-ring (bicyclic) bond motifs is 1. The summed E-state index contributed by atoms with van der Waals surface area (Å²) in [5, 5.41) is 30.5. The van der Waals surface area contributed by atoms with Crippen LogP contribution in [0.25, 0.3) is 6.08 Å². The molecule has 1 heterocycles. The molecule has 1 aliphatic heterocycles. The van der Waals surface area contributed by atoms with Crippen LogP contribution in [-0.4, -0.2) is 32.8 Å². The van der Waals surface area contributed by atoms with Gasteiger partial charge in [0.1, 0.15) is 23.4 Å². The fourth-order valence-corrected chi connectivity index (χ4v) is 3.32. The van der Waals surface area contributed by atoms with E-state index in [0.29, 0.717) is 18.6 Å². The third kappa shape index (κ3) is 4.92. The molecule has 158 valence electrons. The molecule has 0 fully saturated rings. The van der Waals surface area contributed by atoms with Gasteiger partial charge in [0.05, 0.1) is 11.2 Å². The lowest BCUT2D eigenvalue weighted by atomic mass is 9.96. The van der Waals surface area contributed by atoms with Crippen molar-refractivity contribution in [2.45, 2.75) is 52.2 Å². The number of ether oxygens (including phenoxy) is 1. The van der Waals surface area contributed by atoms with E-state index in [1.807, 2.05) is 26.0 Å². The maximum atomic E-state index is 12.7. The number of benzene rings is 2. The van der Waals surface area contributed by atoms with Gasteiger partial charge < -0.3 is 20.1 Å². The van der Waals surface area contributed by atoms with Crippen LogP contribution in [0.4, 0.5) is 0 Å². The Morgan fingerprint density at radius 1 is 1.17 bits per heavy atom. The van der Waals surface area contributed by atoms with Gasteiger partial charge in [-0.1, -0.05) is 23.8 Å². The molecule has 1 aliphatic rings. The zero-order chi connectivity index (χ0) is 22.1. The Hall–Kier alpha value is -3.05. The third-order valence-electron chi connectivity index (χ3n) is 5.17. The van der Waals surface area contributed by atoms with E-state index in [1.54, 1.807) is 38.1 Å². The molecule has 0 bridgehead atoms. The van der Waals surface area contributed by atoms with E-state index in [1.165, 1.54) is 12.1 Å². The number of allylic oxidation sites excluding steroid dienone is 3. The molecule has 0 spiro atoms. The van der Waals surface area contributed by atoms with Gasteiger partial charge in [-0.2, -0.15) is 0 Å². The molecule has 1 atom stereocenters. The third-order valence-corrected chi connectivity index (χ3v) is 5.17. The molecule has 0 radical (unpaired) electrons. The Morgan fingerprint density at radius 3 is 2.57 bits per heavy atom. The Bertz CT molecular complexity index is 1020. The van der Waals surface area contributed by atoms with E-state index in [0.717, 1.165) is 22.3 Å². The van der Waals surface area contributed by atoms with Gasteiger partial charge in [0, 0.05) is 12.5 Å². The second-order valence-corrected chi connectivity index (χ2v) is 8.51. The first-order valence-corrected chi connectivity index (χ1v) is 9.97. The van der Waals surface area contributed by atoms with Crippen LogP contribution < -0.4 is 4.74 Å². The van der Waals surface area contributed by atoms with E-state index < -0.39 is 11.7 Å². The van der Waals surface area contributed by atoms with Gasteiger partial charge in [0.15, 0.2) is 5.78 Å². The molecular weight excluding hydrogens is 380 g/mol. The summed E-state index contributed by atoms with van der Waals surface area (Å²) in [6.45, 7) is 7.33. The van der Waals surface area contributed by atoms with Gasteiger partial charge in [-0.25, -0.2) is 0 Å². The van der Waals surface area contributed by atoms with Crippen molar-refractivity contribution in [3.8, 4) is 17.2 Å². The second kappa shape index (κ2) is 8.36. The van der Waals surface area contributed by atoms with Crippen LogP contribution >= 0.6 is 0 Å². The lowest BCUT2D eigenvalue weighted by Crippen LogP contribution is -2.39. The summed E-state index contributed by atoms with van der Waals surface area (Å²) in [5.41, 5.74) is 2.67. The summed E-state index contributed by atoms with van der Waals surface area (Å²) in [5.74, 6) is 0.215. The first kappa shape index (κ1) is 21.7. The molecule has 30 heavy (non-hydrogen) atoms. The van der Waals surface area contributed by atoms with Gasteiger partial charge in [0.25, 0.3) is 0 Å². The van der Waals surface area contributed by atoms with Crippen LogP contribution in [0.5, 0.6) is 17.2 Å². The summed E-state index contributed by atoms with van der Waals surface area (Å²) in [7, 11) is 0. The molecule has 0 aromatic heterocycles. The summed E-state index contributed by atoms with van der Waals surface area (Å²) < 4.78 is 5.71. The summed E-state index contributed by atoms with van der Waals surface area (Å²) in [6, 6.07) is 8.23. The second-order valence-electron chi connectivity index (χ2n) is 8.51. The van der Waals surface area contributed by atoms with E-state index in [2.05, 4.69) is 0 Å². The molecule has 3 N–H and O–H groups in total. The Labute approximate surface area is 177 Å². The van der Waals surface area contributed by atoms with Crippen molar-refractivity contribution >= 4 is 11.9 Å². The zero-order valence-electron chi connectivity index (χ0n) is 17.8. The molecule has 0 saturated carbocycles. The fraction of sp³-hybridized carbons (Fsp3) is 0.320. The average Bonchev–Trinajstić information content (AvgIpc) is 3.08. The summed E-state index contributed by atoms with van der Waals surface area (Å²) in [4.78, 5) is 12.7. The minimum Gasteiger partial charge on any atom is -0.508 e. The molecule has 1 unspecified atom stereocenters. The van der Waals surface area contributed by atoms with Gasteiger partial charge in [0.2, 0.25) is 0 Å². The maximum absolute atomic E-state index is 12.7. The molecule has 2 aromatic carbocycles. The van der Waals surface area contributed by atoms with Crippen molar-refractivity contribution in [2.24, 2.45) is 0 Å². The number of hydrogen-bond acceptors (Lipinski definition) is 5. The minimum absolute atomic E-state index is 0.158. The van der Waals surface area contributed by atoms with Crippen molar-refractivity contribution < 1.29 is 24.9 Å². The number of phenolic OH excluding ortho intramolecular Hbond substituents is 2. The predicted molar refractivity (Wildman–Crippen MR) is 117 cm³/mol. The SMILES string of the molecule is CC(C)=CCc1cc(C=CC(=O)c2cc3c(cc2O)OC(C(C)(C)O)C3)ccc1O. The van der Waals surface area contributed by atoms with Gasteiger partial charge in [-0.05, 0) is 75.1 Å². The quantitative estimate of drug-likeness (QED) is 0.370. The fourth-order valence-electron chi connectivity index (χ4n) is 3.32. The maximum Gasteiger partial charge on any atom is 0.189 e. The molecule has 0 saturated heterocycles. The molecule has 2 aromatic rings. The van der Waals surface area contributed by atoms with Crippen LogP contribution in [0.2, 0.25) is 0 Å². The molecule has 0 amide bonds. The molecule has 5 nitrogen and oxygen atoms in total. The number of carbonyl (C=O) groups excluding carboxylic acids is 1. The smallest absolute Gasteiger partial charge is 0.189 e. The number of rotatable bonds is 6. The normalized spacial score (nSPS) is 15.7. The monoisotopic (exact) mass is 408 g/mol. The molecule has 3 rings (SSSR count). The van der Waals surface area contributed by atoms with E-state index in [-0.39, 0.29) is 22.8 Å². The van der Waals surface area contributed by atoms with Gasteiger partial charge >= 0.3 is 0 Å². The Kier molecular flexibility index (Phi) is 6.04. The topological polar surface area (TPSA) is 87.0 Å². The van der Waals surface area contributed by atoms with E-state index in [9.17, 15) is 20.1 Å². The first-order valence-electron chi connectivity index (χ1n) is 9.97. The number of carbonyl (C=O) groups is 1. The molecular formula is C25H28O5. The lowest BCUT2D eigenvalue weighted by Gasteiger charge is -2.24. The van der Waals surface area contributed by atoms with Crippen LogP contribution in [0, 0.1) is 0 Å². The van der Waals surface area contributed by atoms with E-state index in [4.69, 9.17) is 4.74 Å². The van der Waals surface area contributed by atoms with Crippen LogP contribution in [0.3, 0.4) is 0 Å².